The minimum absolute atomic E-state index is 0.202. The standard InChI is InChI=1S/C27H25FN6O2S/c1-2-34-26(36)24(37-27(34)22(16-30)25(35)31-11-10-29)17-32-21-5-3-4-18(14-21)8-12-33-13-9-19-15-20(28)6-7-23(19)33/h3-7,14-15,17,32H,2,8-9,11-13H2,1H3,(H,31,35). The third-order valence-electron chi connectivity index (χ3n) is 6.11. The highest BCUT2D eigenvalue weighted by Crippen LogP contribution is 2.28. The summed E-state index contributed by atoms with van der Waals surface area (Å²) in [5.74, 6) is -0.895. The Morgan fingerprint density at radius 1 is 1.24 bits per heavy atom. The molecule has 0 unspecified atom stereocenters. The number of hydrogen-bond donors (Lipinski definition) is 2. The Bertz CT molecular complexity index is 1590. The maximum absolute atomic E-state index is 13.5. The topological polar surface area (TPSA) is 114 Å². The van der Waals surface area contributed by atoms with E-state index in [1.54, 1.807) is 25.3 Å². The number of nitrogens with one attached hydrogen (secondary N) is 2. The van der Waals surface area contributed by atoms with E-state index in [-0.39, 0.29) is 34.7 Å². The molecule has 1 amide bonds. The second kappa shape index (κ2) is 11.5. The Hall–Kier alpha value is -4.41. The molecule has 0 saturated carbocycles. The summed E-state index contributed by atoms with van der Waals surface area (Å²) in [7, 11) is 0. The molecule has 8 nitrogen and oxygen atoms in total. The molecule has 2 N–H and O–H groups in total. The lowest BCUT2D eigenvalue weighted by atomic mass is 10.1. The predicted octanol–water partition coefficient (Wildman–Crippen LogP) is 1.84. The molecule has 1 aliphatic heterocycles. The van der Waals surface area contributed by atoms with Crippen LogP contribution in [0, 0.1) is 28.5 Å². The second-order valence-electron chi connectivity index (χ2n) is 8.40. The molecule has 0 atom stereocenters. The highest BCUT2D eigenvalue weighted by molar-refractivity contribution is 7.07. The molecule has 0 spiro atoms. The summed E-state index contributed by atoms with van der Waals surface area (Å²) < 4.78 is 15.5. The van der Waals surface area contributed by atoms with Crippen LogP contribution >= 0.6 is 11.3 Å². The third-order valence-corrected chi connectivity index (χ3v) is 7.24. The van der Waals surface area contributed by atoms with Crippen molar-refractivity contribution in [2.24, 2.45) is 0 Å². The Morgan fingerprint density at radius 2 is 2.08 bits per heavy atom. The zero-order chi connectivity index (χ0) is 26.4. The number of aromatic nitrogens is 1. The first-order chi connectivity index (χ1) is 17.9. The molecule has 0 radical (unpaired) electrons. The van der Waals surface area contributed by atoms with E-state index in [0.29, 0.717) is 4.53 Å². The van der Waals surface area contributed by atoms with Gasteiger partial charge >= 0.3 is 0 Å². The molecule has 0 bridgehead atoms. The average molecular weight is 517 g/mol. The Balaban J connectivity index is 1.53. The summed E-state index contributed by atoms with van der Waals surface area (Å²) in [5, 5.41) is 23.7. The van der Waals surface area contributed by atoms with Crippen molar-refractivity contribution in [3.05, 3.63) is 79.0 Å². The molecule has 188 valence electrons. The van der Waals surface area contributed by atoms with Crippen LogP contribution in [0.3, 0.4) is 0 Å². The molecule has 1 aliphatic rings. The molecular weight excluding hydrogens is 491 g/mol. The van der Waals surface area contributed by atoms with Crippen molar-refractivity contribution in [2.75, 3.05) is 29.9 Å². The number of hydrogen-bond acceptors (Lipinski definition) is 7. The molecule has 0 aliphatic carbocycles. The lowest BCUT2D eigenvalue weighted by molar-refractivity contribution is -0.115. The van der Waals surface area contributed by atoms with Crippen LogP contribution in [0.5, 0.6) is 0 Å². The first-order valence-electron chi connectivity index (χ1n) is 11.8. The van der Waals surface area contributed by atoms with Crippen LogP contribution in [0.2, 0.25) is 0 Å². The number of thiazole rings is 1. The van der Waals surface area contributed by atoms with E-state index in [4.69, 9.17) is 5.26 Å². The van der Waals surface area contributed by atoms with Gasteiger partial charge < -0.3 is 15.5 Å². The molecule has 2 heterocycles. The largest absolute Gasteiger partial charge is 0.371 e. The molecule has 1 aromatic heterocycles. The molecule has 4 rings (SSSR count). The van der Waals surface area contributed by atoms with E-state index in [9.17, 15) is 19.2 Å². The number of fused-ring (bicyclic) bond motifs is 1. The fraction of sp³-hybridized carbons (Fsp3) is 0.259. The van der Waals surface area contributed by atoms with Gasteiger partial charge in [0.1, 0.15) is 27.6 Å². The molecular formula is C27H25FN6O2S. The van der Waals surface area contributed by atoms with Crippen LogP contribution in [0.15, 0.2) is 47.3 Å². The minimum atomic E-state index is -0.689. The van der Waals surface area contributed by atoms with E-state index >= 15 is 0 Å². The molecule has 37 heavy (non-hydrogen) atoms. The summed E-state index contributed by atoms with van der Waals surface area (Å²) >= 11 is 1.05. The van der Waals surface area contributed by atoms with Gasteiger partial charge in [-0.3, -0.25) is 14.2 Å². The van der Waals surface area contributed by atoms with Crippen LogP contribution in [0.4, 0.5) is 15.8 Å². The van der Waals surface area contributed by atoms with Crippen LogP contribution in [0.25, 0.3) is 11.8 Å². The van der Waals surface area contributed by atoms with Gasteiger partial charge in [-0.25, -0.2) is 4.39 Å². The van der Waals surface area contributed by atoms with Gasteiger partial charge in [-0.05, 0) is 61.2 Å². The lowest BCUT2D eigenvalue weighted by Crippen LogP contribution is -2.34. The Kier molecular flexibility index (Phi) is 8.02. The fourth-order valence-electron chi connectivity index (χ4n) is 4.30. The van der Waals surface area contributed by atoms with Gasteiger partial charge in [0.2, 0.25) is 0 Å². The van der Waals surface area contributed by atoms with Crippen LogP contribution in [-0.4, -0.2) is 30.1 Å². The number of carbonyl (C=O) groups is 1. The van der Waals surface area contributed by atoms with Gasteiger partial charge in [-0.15, -0.1) is 11.3 Å². The van der Waals surface area contributed by atoms with Gasteiger partial charge in [-0.2, -0.15) is 10.5 Å². The van der Waals surface area contributed by atoms with E-state index in [1.807, 2.05) is 36.4 Å². The number of amides is 1. The highest BCUT2D eigenvalue weighted by Gasteiger charge is 2.19. The smallest absolute Gasteiger partial charge is 0.270 e. The number of nitrogens with zero attached hydrogens (tertiary/aromatic N) is 4. The SMILES string of the molecule is CCn1c(=C(C#N)C(=O)NCC#N)sc(=CNc2cccc(CCN3CCc4cc(F)ccc43)c2)c1=O. The van der Waals surface area contributed by atoms with Crippen LogP contribution in [0.1, 0.15) is 18.1 Å². The van der Waals surface area contributed by atoms with Crippen molar-refractivity contribution in [3.8, 4) is 12.1 Å². The fourth-order valence-corrected chi connectivity index (χ4v) is 5.38. The number of rotatable bonds is 8. The monoisotopic (exact) mass is 516 g/mol. The van der Waals surface area contributed by atoms with Crippen molar-refractivity contribution in [1.29, 1.82) is 10.5 Å². The van der Waals surface area contributed by atoms with Crippen molar-refractivity contribution in [3.63, 3.8) is 0 Å². The van der Waals surface area contributed by atoms with Gasteiger partial charge in [0.05, 0.1) is 6.07 Å². The average Bonchev–Trinajstić information content (AvgIpc) is 3.45. The van der Waals surface area contributed by atoms with Crippen molar-refractivity contribution < 1.29 is 9.18 Å². The number of nitriles is 2. The summed E-state index contributed by atoms with van der Waals surface area (Å²) in [4.78, 5) is 27.5. The second-order valence-corrected chi connectivity index (χ2v) is 9.43. The Labute approximate surface area is 217 Å². The molecule has 10 heteroatoms. The normalized spacial score (nSPS) is 13.5. The van der Waals surface area contributed by atoms with Gasteiger partial charge in [0.25, 0.3) is 11.5 Å². The van der Waals surface area contributed by atoms with E-state index in [2.05, 4.69) is 15.5 Å². The molecule has 3 aromatic rings. The van der Waals surface area contributed by atoms with Crippen LogP contribution in [-0.2, 0) is 24.2 Å². The minimum Gasteiger partial charge on any atom is -0.371 e. The summed E-state index contributed by atoms with van der Waals surface area (Å²) in [6.45, 7) is 3.49. The van der Waals surface area contributed by atoms with Crippen molar-refractivity contribution >= 4 is 40.4 Å². The first-order valence-corrected chi connectivity index (χ1v) is 12.6. The summed E-state index contributed by atoms with van der Waals surface area (Å²) in [6, 6.07) is 16.5. The zero-order valence-corrected chi connectivity index (χ0v) is 21.1. The molecule has 0 fully saturated rings. The molecule has 0 saturated heterocycles. The first kappa shape index (κ1) is 25.7. The lowest BCUT2D eigenvalue weighted by Gasteiger charge is -2.19. The maximum atomic E-state index is 13.5. The predicted molar refractivity (Wildman–Crippen MR) is 142 cm³/mol. The third kappa shape index (κ3) is 5.71. The Morgan fingerprint density at radius 3 is 2.84 bits per heavy atom. The highest BCUT2D eigenvalue weighted by atomic mass is 32.1. The molecule has 2 aromatic carbocycles. The van der Waals surface area contributed by atoms with E-state index in [0.717, 1.165) is 59.8 Å². The van der Waals surface area contributed by atoms with Gasteiger partial charge in [-0.1, -0.05) is 12.1 Å². The number of benzene rings is 2. The number of carbonyl (C=O) groups excluding carboxylic acids is 1. The van der Waals surface area contributed by atoms with Gasteiger partial charge in [0.15, 0.2) is 5.57 Å². The van der Waals surface area contributed by atoms with Crippen molar-refractivity contribution in [2.45, 2.75) is 26.3 Å². The van der Waals surface area contributed by atoms with Crippen molar-refractivity contribution in [1.82, 2.24) is 9.88 Å². The maximum Gasteiger partial charge on any atom is 0.270 e. The summed E-state index contributed by atoms with van der Waals surface area (Å²) in [5.41, 5.74) is 3.52. The quantitative estimate of drug-likeness (QED) is 0.442. The van der Waals surface area contributed by atoms with E-state index < -0.39 is 5.91 Å². The number of anilines is 2. The zero-order valence-electron chi connectivity index (χ0n) is 20.3. The number of halogens is 1. The van der Waals surface area contributed by atoms with Gasteiger partial charge in [0, 0.05) is 37.2 Å². The van der Waals surface area contributed by atoms with E-state index in [1.165, 1.54) is 10.6 Å². The summed E-state index contributed by atoms with van der Waals surface area (Å²) in [6.07, 6.45) is 3.22. The van der Waals surface area contributed by atoms with Crippen LogP contribution < -0.4 is 30.3 Å².